The van der Waals surface area contributed by atoms with Crippen molar-refractivity contribution >= 4 is 0 Å². The monoisotopic (exact) mass is 261 g/mol. The SMILES string of the molecule is CCCn1nncc1C(O)Cc1ccc(OC)cc1. The number of aliphatic hydroxyl groups excluding tert-OH is 1. The van der Waals surface area contributed by atoms with E-state index < -0.39 is 6.10 Å². The van der Waals surface area contributed by atoms with E-state index in [2.05, 4.69) is 17.2 Å². The molecule has 1 aromatic heterocycles. The van der Waals surface area contributed by atoms with Crippen molar-refractivity contribution in [3.8, 4) is 5.75 Å². The first-order valence-electron chi connectivity index (χ1n) is 6.44. The van der Waals surface area contributed by atoms with Crippen LogP contribution in [0.1, 0.15) is 30.7 Å². The molecule has 0 aliphatic carbocycles. The minimum Gasteiger partial charge on any atom is -0.497 e. The summed E-state index contributed by atoms with van der Waals surface area (Å²) in [5.74, 6) is 0.816. The van der Waals surface area contributed by atoms with Gasteiger partial charge < -0.3 is 9.84 Å². The van der Waals surface area contributed by atoms with E-state index in [4.69, 9.17) is 4.74 Å². The van der Waals surface area contributed by atoms with E-state index in [1.807, 2.05) is 24.3 Å². The number of methoxy groups -OCH3 is 1. The molecule has 0 aliphatic heterocycles. The Hall–Kier alpha value is -1.88. The molecule has 0 saturated heterocycles. The summed E-state index contributed by atoms with van der Waals surface area (Å²) in [7, 11) is 1.64. The summed E-state index contributed by atoms with van der Waals surface area (Å²) in [6.07, 6.45) is 2.55. The first-order valence-corrected chi connectivity index (χ1v) is 6.44. The summed E-state index contributed by atoms with van der Waals surface area (Å²) >= 11 is 0. The quantitative estimate of drug-likeness (QED) is 0.863. The molecule has 0 bridgehead atoms. The fourth-order valence-electron chi connectivity index (χ4n) is 2.00. The van der Waals surface area contributed by atoms with Crippen LogP contribution in [-0.4, -0.2) is 27.2 Å². The Kier molecular flexibility index (Phi) is 4.52. The number of aromatic nitrogens is 3. The third kappa shape index (κ3) is 3.32. The molecular formula is C14H19N3O2. The van der Waals surface area contributed by atoms with Crippen LogP contribution in [0.4, 0.5) is 0 Å². The molecule has 2 aromatic rings. The maximum atomic E-state index is 10.3. The number of nitrogens with zero attached hydrogens (tertiary/aromatic N) is 3. The van der Waals surface area contributed by atoms with Gasteiger partial charge in [-0.25, -0.2) is 4.68 Å². The Morgan fingerprint density at radius 2 is 2.05 bits per heavy atom. The number of ether oxygens (including phenoxy) is 1. The fourth-order valence-corrected chi connectivity index (χ4v) is 2.00. The molecule has 5 nitrogen and oxygen atoms in total. The summed E-state index contributed by atoms with van der Waals surface area (Å²) < 4.78 is 6.87. The van der Waals surface area contributed by atoms with Crippen LogP contribution >= 0.6 is 0 Å². The second-order valence-electron chi connectivity index (χ2n) is 4.45. The standard InChI is InChI=1S/C14H19N3O2/c1-3-8-17-13(10-15-16-17)14(18)9-11-4-6-12(19-2)7-5-11/h4-7,10,14,18H,3,8-9H2,1-2H3. The van der Waals surface area contributed by atoms with E-state index in [1.165, 1.54) is 0 Å². The molecule has 0 radical (unpaired) electrons. The van der Waals surface area contributed by atoms with Crippen LogP contribution in [0.2, 0.25) is 0 Å². The maximum Gasteiger partial charge on any atom is 0.118 e. The van der Waals surface area contributed by atoms with Crippen LogP contribution in [0, 0.1) is 0 Å². The van der Waals surface area contributed by atoms with E-state index in [0.29, 0.717) is 6.42 Å². The van der Waals surface area contributed by atoms with Crippen LogP contribution in [0.15, 0.2) is 30.5 Å². The van der Waals surface area contributed by atoms with Gasteiger partial charge in [0.1, 0.15) is 11.9 Å². The van der Waals surface area contributed by atoms with Crippen LogP contribution in [0.5, 0.6) is 5.75 Å². The summed E-state index contributed by atoms with van der Waals surface area (Å²) in [5, 5.41) is 18.1. The lowest BCUT2D eigenvalue weighted by Gasteiger charge is -2.12. The van der Waals surface area contributed by atoms with Gasteiger partial charge in [-0.05, 0) is 24.1 Å². The van der Waals surface area contributed by atoms with Crippen molar-refractivity contribution in [2.75, 3.05) is 7.11 Å². The van der Waals surface area contributed by atoms with Gasteiger partial charge in [-0.3, -0.25) is 0 Å². The molecule has 2 rings (SSSR count). The van der Waals surface area contributed by atoms with E-state index >= 15 is 0 Å². The third-order valence-corrected chi connectivity index (χ3v) is 3.01. The Morgan fingerprint density at radius 3 is 2.68 bits per heavy atom. The molecule has 1 atom stereocenters. The van der Waals surface area contributed by atoms with Crippen LogP contribution in [0.25, 0.3) is 0 Å². The first-order chi connectivity index (χ1) is 9.24. The molecule has 0 aliphatic rings. The zero-order valence-electron chi connectivity index (χ0n) is 11.3. The number of rotatable bonds is 6. The number of aryl methyl sites for hydroxylation is 1. The van der Waals surface area contributed by atoms with E-state index in [-0.39, 0.29) is 0 Å². The number of hydrogen-bond donors (Lipinski definition) is 1. The van der Waals surface area contributed by atoms with Crippen LogP contribution in [-0.2, 0) is 13.0 Å². The summed E-state index contributed by atoms with van der Waals surface area (Å²) in [6.45, 7) is 2.84. The lowest BCUT2D eigenvalue weighted by Crippen LogP contribution is -2.11. The van der Waals surface area contributed by atoms with Crippen molar-refractivity contribution in [1.82, 2.24) is 15.0 Å². The Labute approximate surface area is 112 Å². The Balaban J connectivity index is 2.06. The summed E-state index contributed by atoms with van der Waals surface area (Å²) in [6, 6.07) is 7.69. The molecule has 19 heavy (non-hydrogen) atoms. The van der Waals surface area contributed by atoms with Crippen molar-refractivity contribution in [3.05, 3.63) is 41.7 Å². The van der Waals surface area contributed by atoms with Crippen LogP contribution < -0.4 is 4.74 Å². The van der Waals surface area contributed by atoms with Gasteiger partial charge in [0, 0.05) is 13.0 Å². The zero-order valence-corrected chi connectivity index (χ0v) is 11.3. The molecule has 0 fully saturated rings. The van der Waals surface area contributed by atoms with Crippen molar-refractivity contribution in [2.45, 2.75) is 32.4 Å². The molecule has 0 spiro atoms. The predicted octanol–water partition coefficient (Wildman–Crippen LogP) is 1.97. The maximum absolute atomic E-state index is 10.3. The Bertz CT molecular complexity index is 508. The minimum absolute atomic E-state index is 0.543. The highest BCUT2D eigenvalue weighted by atomic mass is 16.5. The van der Waals surface area contributed by atoms with E-state index in [1.54, 1.807) is 18.0 Å². The van der Waals surface area contributed by atoms with Gasteiger partial charge in [-0.2, -0.15) is 0 Å². The second kappa shape index (κ2) is 6.33. The molecule has 0 amide bonds. The second-order valence-corrected chi connectivity index (χ2v) is 4.45. The highest BCUT2D eigenvalue weighted by Gasteiger charge is 2.14. The average molecular weight is 261 g/mol. The lowest BCUT2D eigenvalue weighted by molar-refractivity contribution is 0.166. The Morgan fingerprint density at radius 1 is 1.32 bits per heavy atom. The van der Waals surface area contributed by atoms with Crippen molar-refractivity contribution < 1.29 is 9.84 Å². The van der Waals surface area contributed by atoms with Gasteiger partial charge in [0.2, 0.25) is 0 Å². The molecule has 1 N–H and O–H groups in total. The van der Waals surface area contributed by atoms with Gasteiger partial charge in [0.05, 0.1) is 19.0 Å². The molecule has 102 valence electrons. The largest absolute Gasteiger partial charge is 0.497 e. The van der Waals surface area contributed by atoms with Crippen molar-refractivity contribution in [1.29, 1.82) is 0 Å². The molecule has 0 saturated carbocycles. The number of hydrogen-bond acceptors (Lipinski definition) is 4. The van der Waals surface area contributed by atoms with E-state index in [9.17, 15) is 5.11 Å². The van der Waals surface area contributed by atoms with Crippen molar-refractivity contribution in [3.63, 3.8) is 0 Å². The zero-order chi connectivity index (χ0) is 13.7. The first kappa shape index (κ1) is 13.5. The van der Waals surface area contributed by atoms with Gasteiger partial charge in [-0.1, -0.05) is 24.3 Å². The summed E-state index contributed by atoms with van der Waals surface area (Å²) in [4.78, 5) is 0. The van der Waals surface area contributed by atoms with Crippen molar-refractivity contribution in [2.24, 2.45) is 0 Å². The van der Waals surface area contributed by atoms with Gasteiger partial charge >= 0.3 is 0 Å². The van der Waals surface area contributed by atoms with Crippen LogP contribution in [0.3, 0.4) is 0 Å². The highest BCUT2D eigenvalue weighted by Crippen LogP contribution is 2.19. The molecule has 1 aromatic carbocycles. The topological polar surface area (TPSA) is 60.2 Å². The highest BCUT2D eigenvalue weighted by molar-refractivity contribution is 5.28. The molecule has 1 heterocycles. The molecule has 1 unspecified atom stereocenters. The smallest absolute Gasteiger partial charge is 0.118 e. The number of aliphatic hydroxyl groups is 1. The average Bonchev–Trinajstić information content (AvgIpc) is 2.88. The number of benzene rings is 1. The predicted molar refractivity (Wildman–Crippen MR) is 72.0 cm³/mol. The minimum atomic E-state index is -0.588. The molecule has 5 heteroatoms. The van der Waals surface area contributed by atoms with Gasteiger partial charge in [0.25, 0.3) is 0 Å². The van der Waals surface area contributed by atoms with Gasteiger partial charge in [-0.15, -0.1) is 5.10 Å². The fraction of sp³-hybridized carbons (Fsp3) is 0.429. The molecular weight excluding hydrogens is 242 g/mol. The van der Waals surface area contributed by atoms with E-state index in [0.717, 1.165) is 30.0 Å². The summed E-state index contributed by atoms with van der Waals surface area (Å²) in [5.41, 5.74) is 1.82. The van der Waals surface area contributed by atoms with Gasteiger partial charge in [0.15, 0.2) is 0 Å². The normalized spacial score (nSPS) is 12.4. The lowest BCUT2D eigenvalue weighted by atomic mass is 10.1. The third-order valence-electron chi connectivity index (χ3n) is 3.01.